The molecule has 0 saturated carbocycles. The van der Waals surface area contributed by atoms with Gasteiger partial charge in [-0.15, -0.1) is 0 Å². The molecule has 2 aromatic carbocycles. The smallest absolute Gasteiger partial charge is 0.203 e. The van der Waals surface area contributed by atoms with Gasteiger partial charge in [-0.05, 0) is 41.0 Å². The SMILES string of the molecule is COc1cc2c(cc1OC)[C@]1(c3cc(OC)c(OC)c(OC)c3)OC[C@@H]3[C@H]2OC[C@@H]31. The molecule has 4 bridgehead atoms. The monoisotopic (exact) mass is 414 g/mol. The second-order valence-corrected chi connectivity index (χ2v) is 7.78. The molecule has 4 atom stereocenters. The van der Waals surface area contributed by atoms with Crippen molar-refractivity contribution in [3.8, 4) is 28.7 Å². The van der Waals surface area contributed by atoms with E-state index in [0.717, 1.165) is 16.7 Å². The van der Waals surface area contributed by atoms with Gasteiger partial charge in [-0.25, -0.2) is 0 Å². The summed E-state index contributed by atoms with van der Waals surface area (Å²) < 4.78 is 40.8. The molecule has 2 saturated heterocycles. The van der Waals surface area contributed by atoms with Crippen LogP contribution in [0.2, 0.25) is 0 Å². The van der Waals surface area contributed by atoms with Gasteiger partial charge in [0, 0.05) is 11.8 Å². The van der Waals surface area contributed by atoms with Crippen LogP contribution in [-0.2, 0) is 15.1 Å². The molecule has 0 radical (unpaired) electrons. The van der Waals surface area contributed by atoms with Crippen molar-refractivity contribution >= 4 is 0 Å². The van der Waals surface area contributed by atoms with Gasteiger partial charge in [0.15, 0.2) is 23.0 Å². The lowest BCUT2D eigenvalue weighted by Gasteiger charge is -2.39. The van der Waals surface area contributed by atoms with Gasteiger partial charge >= 0.3 is 0 Å². The van der Waals surface area contributed by atoms with Crippen molar-refractivity contribution < 1.29 is 33.2 Å². The Hall–Kier alpha value is -2.64. The molecular weight excluding hydrogens is 388 g/mol. The quantitative estimate of drug-likeness (QED) is 0.718. The summed E-state index contributed by atoms with van der Waals surface area (Å²) in [5.41, 5.74) is 2.37. The number of ether oxygens (including phenoxy) is 7. The van der Waals surface area contributed by atoms with Crippen LogP contribution < -0.4 is 23.7 Å². The summed E-state index contributed by atoms with van der Waals surface area (Å²) in [5, 5.41) is 0. The van der Waals surface area contributed by atoms with Crippen LogP contribution in [0.3, 0.4) is 0 Å². The Labute approximate surface area is 175 Å². The molecule has 2 aliphatic heterocycles. The molecule has 1 aliphatic carbocycles. The van der Waals surface area contributed by atoms with Crippen molar-refractivity contribution in [3.05, 3.63) is 41.0 Å². The van der Waals surface area contributed by atoms with Crippen LogP contribution in [0.1, 0.15) is 22.8 Å². The van der Waals surface area contributed by atoms with Crippen molar-refractivity contribution in [2.24, 2.45) is 11.8 Å². The Bertz CT molecular complexity index is 963. The van der Waals surface area contributed by atoms with Crippen LogP contribution in [0.25, 0.3) is 0 Å². The molecule has 2 fully saturated rings. The van der Waals surface area contributed by atoms with E-state index in [4.69, 9.17) is 33.2 Å². The third-order valence-electron chi connectivity index (χ3n) is 6.74. The second-order valence-electron chi connectivity index (χ2n) is 7.78. The summed E-state index contributed by atoms with van der Waals surface area (Å²) in [4.78, 5) is 0. The topological polar surface area (TPSA) is 64.6 Å². The number of fused-ring (bicyclic) bond motifs is 3. The fourth-order valence-electron chi connectivity index (χ4n) is 5.42. The zero-order chi connectivity index (χ0) is 21.0. The van der Waals surface area contributed by atoms with Gasteiger partial charge in [0.1, 0.15) is 5.60 Å². The van der Waals surface area contributed by atoms with Crippen LogP contribution in [0.5, 0.6) is 28.7 Å². The minimum Gasteiger partial charge on any atom is -0.493 e. The fraction of sp³-hybridized carbons (Fsp3) is 0.478. The molecule has 0 amide bonds. The lowest BCUT2D eigenvalue weighted by molar-refractivity contribution is -0.0131. The van der Waals surface area contributed by atoms with Crippen LogP contribution in [0.15, 0.2) is 24.3 Å². The molecule has 160 valence electrons. The minimum atomic E-state index is -0.695. The van der Waals surface area contributed by atoms with Crippen LogP contribution in [0.4, 0.5) is 0 Å². The molecule has 2 heterocycles. The Morgan fingerprint density at radius 3 is 2.00 bits per heavy atom. The van der Waals surface area contributed by atoms with Gasteiger partial charge in [0.05, 0.1) is 54.9 Å². The molecule has 0 N–H and O–H groups in total. The Morgan fingerprint density at radius 1 is 0.767 bits per heavy atom. The summed E-state index contributed by atoms with van der Waals surface area (Å²) in [5.74, 6) is 3.54. The molecular formula is C23H26O7. The fourth-order valence-corrected chi connectivity index (χ4v) is 5.42. The number of benzene rings is 2. The molecule has 0 unspecified atom stereocenters. The molecule has 0 spiro atoms. The van der Waals surface area contributed by atoms with Crippen LogP contribution in [0, 0.1) is 11.8 Å². The van der Waals surface area contributed by atoms with Crippen molar-refractivity contribution in [1.82, 2.24) is 0 Å². The summed E-state index contributed by atoms with van der Waals surface area (Å²) >= 11 is 0. The van der Waals surface area contributed by atoms with Crippen molar-refractivity contribution in [2.75, 3.05) is 48.8 Å². The van der Waals surface area contributed by atoms with E-state index in [1.807, 2.05) is 24.3 Å². The highest BCUT2D eigenvalue weighted by Crippen LogP contribution is 2.64. The van der Waals surface area contributed by atoms with Crippen LogP contribution >= 0.6 is 0 Å². The van der Waals surface area contributed by atoms with E-state index in [9.17, 15) is 0 Å². The van der Waals surface area contributed by atoms with Gasteiger partial charge in [-0.1, -0.05) is 0 Å². The van der Waals surface area contributed by atoms with Gasteiger partial charge in [0.2, 0.25) is 5.75 Å². The molecule has 5 rings (SSSR count). The normalized spacial score (nSPS) is 28.1. The van der Waals surface area contributed by atoms with E-state index >= 15 is 0 Å². The first-order valence-corrected chi connectivity index (χ1v) is 9.95. The maximum absolute atomic E-state index is 6.63. The Morgan fingerprint density at radius 2 is 1.40 bits per heavy atom. The first-order valence-electron chi connectivity index (χ1n) is 9.95. The predicted octanol–water partition coefficient (Wildman–Crippen LogP) is 3.32. The molecule has 30 heavy (non-hydrogen) atoms. The van der Waals surface area contributed by atoms with Gasteiger partial charge in [0.25, 0.3) is 0 Å². The largest absolute Gasteiger partial charge is 0.493 e. The molecule has 7 heteroatoms. The summed E-state index contributed by atoms with van der Waals surface area (Å²) in [6.45, 7) is 1.23. The lowest BCUT2D eigenvalue weighted by Crippen LogP contribution is -2.39. The van der Waals surface area contributed by atoms with Gasteiger partial charge in [-0.3, -0.25) is 0 Å². The van der Waals surface area contributed by atoms with E-state index in [-0.39, 0.29) is 17.9 Å². The number of methoxy groups -OCH3 is 5. The second kappa shape index (κ2) is 6.96. The zero-order valence-electron chi connectivity index (χ0n) is 17.8. The zero-order valence-corrected chi connectivity index (χ0v) is 17.8. The van der Waals surface area contributed by atoms with E-state index in [1.54, 1.807) is 35.5 Å². The van der Waals surface area contributed by atoms with Crippen LogP contribution in [-0.4, -0.2) is 48.8 Å². The summed E-state index contributed by atoms with van der Waals surface area (Å²) in [6.07, 6.45) is -0.0116. The average molecular weight is 414 g/mol. The minimum absolute atomic E-state index is 0.0116. The summed E-state index contributed by atoms with van der Waals surface area (Å²) in [6, 6.07) is 7.99. The maximum atomic E-state index is 6.63. The first kappa shape index (κ1) is 19.3. The maximum Gasteiger partial charge on any atom is 0.203 e. The van der Waals surface area contributed by atoms with E-state index < -0.39 is 5.60 Å². The molecule has 0 aromatic heterocycles. The highest BCUT2D eigenvalue weighted by atomic mass is 16.5. The predicted molar refractivity (Wildman–Crippen MR) is 108 cm³/mol. The van der Waals surface area contributed by atoms with Crippen molar-refractivity contribution in [2.45, 2.75) is 11.7 Å². The molecule has 7 nitrogen and oxygen atoms in total. The molecule has 3 aliphatic rings. The third kappa shape index (κ3) is 2.33. The standard InChI is InChI=1S/C23H26O7/c1-24-17-8-13-15(9-18(17)25-2)23(16-11-29-21(13)14(16)10-30-23)12-6-19(26-3)22(28-5)20(7-12)27-4/h6-9,14,16,21H,10-11H2,1-5H3/t14-,16-,21-,23-/m0/s1. The van der Waals surface area contributed by atoms with E-state index in [1.165, 1.54) is 0 Å². The van der Waals surface area contributed by atoms with Gasteiger partial charge < -0.3 is 33.2 Å². The summed E-state index contributed by atoms with van der Waals surface area (Å²) in [7, 11) is 8.12. The van der Waals surface area contributed by atoms with Crippen molar-refractivity contribution in [3.63, 3.8) is 0 Å². The van der Waals surface area contributed by atoms with Gasteiger partial charge in [-0.2, -0.15) is 0 Å². The Kier molecular flexibility index (Phi) is 4.48. The average Bonchev–Trinajstić information content (AvgIpc) is 3.30. The third-order valence-corrected chi connectivity index (χ3v) is 6.74. The highest BCUT2D eigenvalue weighted by Gasteiger charge is 2.63. The first-order chi connectivity index (χ1) is 14.6. The lowest BCUT2D eigenvalue weighted by atomic mass is 9.66. The highest BCUT2D eigenvalue weighted by molar-refractivity contribution is 5.61. The van der Waals surface area contributed by atoms with Crippen molar-refractivity contribution in [1.29, 1.82) is 0 Å². The Balaban J connectivity index is 1.79. The van der Waals surface area contributed by atoms with E-state index in [2.05, 4.69) is 0 Å². The van der Waals surface area contributed by atoms with E-state index in [0.29, 0.717) is 42.0 Å². The number of hydrogen-bond acceptors (Lipinski definition) is 7. The molecule has 2 aromatic rings. The number of rotatable bonds is 6. The number of hydrogen-bond donors (Lipinski definition) is 0.